The number of sulfonamides is 1. The van der Waals surface area contributed by atoms with E-state index in [0.29, 0.717) is 30.9 Å². The Labute approximate surface area is 173 Å². The van der Waals surface area contributed by atoms with Crippen LogP contribution in [-0.4, -0.2) is 26.5 Å². The summed E-state index contributed by atoms with van der Waals surface area (Å²) in [6.07, 6.45) is 2.59. The van der Waals surface area contributed by atoms with Crippen LogP contribution >= 0.6 is 11.3 Å². The van der Waals surface area contributed by atoms with Gasteiger partial charge in [0.25, 0.3) is 10.0 Å². The summed E-state index contributed by atoms with van der Waals surface area (Å²) in [6.45, 7) is 4.04. The van der Waals surface area contributed by atoms with Crippen LogP contribution in [0.15, 0.2) is 70.8 Å². The zero-order chi connectivity index (χ0) is 20.5. The number of amides is 1. The van der Waals surface area contributed by atoms with Gasteiger partial charge in [0, 0.05) is 16.5 Å². The average molecular weight is 429 g/mol. The van der Waals surface area contributed by atoms with Gasteiger partial charge in [0.1, 0.15) is 22.1 Å². The summed E-state index contributed by atoms with van der Waals surface area (Å²) in [6, 6.07) is 14.3. The Bertz CT molecular complexity index is 1170. The van der Waals surface area contributed by atoms with E-state index in [1.54, 1.807) is 29.7 Å². The minimum absolute atomic E-state index is 0.200. The highest BCUT2D eigenvalue weighted by atomic mass is 32.2. The van der Waals surface area contributed by atoms with Crippen LogP contribution in [0.2, 0.25) is 0 Å². The van der Waals surface area contributed by atoms with Crippen LogP contribution in [0.3, 0.4) is 0 Å². The van der Waals surface area contributed by atoms with Gasteiger partial charge in [-0.2, -0.15) is 4.72 Å². The lowest BCUT2D eigenvalue weighted by Gasteiger charge is -2.18. The molecule has 0 aliphatic heterocycles. The molecular weight excluding hydrogens is 408 g/mol. The lowest BCUT2D eigenvalue weighted by molar-refractivity contribution is -0.118. The van der Waals surface area contributed by atoms with E-state index < -0.39 is 15.6 Å². The molecule has 29 heavy (non-hydrogen) atoms. The molecule has 0 unspecified atom stereocenters. The van der Waals surface area contributed by atoms with Crippen LogP contribution in [-0.2, 0) is 14.8 Å². The van der Waals surface area contributed by atoms with Gasteiger partial charge in [-0.1, -0.05) is 43.0 Å². The van der Waals surface area contributed by atoms with E-state index in [1.807, 2.05) is 24.3 Å². The van der Waals surface area contributed by atoms with E-state index in [4.69, 9.17) is 4.74 Å². The van der Waals surface area contributed by atoms with Gasteiger partial charge < -0.3 is 10.1 Å². The molecule has 1 aliphatic rings. The van der Waals surface area contributed by atoms with E-state index in [0.717, 1.165) is 22.1 Å². The maximum Gasteiger partial charge on any atom is 0.251 e. The standard InChI is InChI=1S/C21H20N2O4S2/c1-2-13-27-18-10-9-17(15-6-3-4-7-16(15)18)22-20(24)21(11-12-21)23-29(25,26)19-8-5-14-28-19/h2-10,14,23H,1,11-13H2,(H,22,24). The number of ether oxygens (including phenoxy) is 1. The molecule has 4 rings (SSSR count). The Kier molecular flexibility index (Phi) is 5.16. The van der Waals surface area contributed by atoms with Gasteiger partial charge in [0.15, 0.2) is 0 Å². The second-order valence-corrected chi connectivity index (χ2v) is 9.69. The maximum atomic E-state index is 13.0. The third-order valence-electron chi connectivity index (χ3n) is 4.76. The number of carbonyl (C=O) groups excluding carboxylic acids is 1. The van der Waals surface area contributed by atoms with Crippen molar-refractivity contribution < 1.29 is 17.9 Å². The SMILES string of the molecule is C=CCOc1ccc(NC(=O)C2(NS(=O)(=O)c3cccs3)CC2)c2ccccc12. The summed E-state index contributed by atoms with van der Waals surface area (Å²) in [5, 5.41) is 6.27. The second-order valence-electron chi connectivity index (χ2n) is 6.83. The number of rotatable bonds is 8. The van der Waals surface area contributed by atoms with Gasteiger partial charge in [-0.15, -0.1) is 11.3 Å². The first-order chi connectivity index (χ1) is 14.0. The molecule has 1 saturated carbocycles. The van der Waals surface area contributed by atoms with Gasteiger partial charge in [0.2, 0.25) is 5.91 Å². The zero-order valence-corrected chi connectivity index (χ0v) is 17.2. The van der Waals surface area contributed by atoms with Gasteiger partial charge >= 0.3 is 0 Å². The van der Waals surface area contributed by atoms with Crippen LogP contribution in [0, 0.1) is 0 Å². The minimum Gasteiger partial charge on any atom is -0.489 e. The Morgan fingerprint density at radius 2 is 1.90 bits per heavy atom. The van der Waals surface area contributed by atoms with Gasteiger partial charge in [0.05, 0.1) is 0 Å². The van der Waals surface area contributed by atoms with Crippen molar-refractivity contribution in [2.24, 2.45) is 0 Å². The smallest absolute Gasteiger partial charge is 0.251 e. The number of anilines is 1. The summed E-state index contributed by atoms with van der Waals surface area (Å²) in [5.74, 6) is 0.334. The topological polar surface area (TPSA) is 84.5 Å². The van der Waals surface area contributed by atoms with E-state index in [-0.39, 0.29) is 10.1 Å². The Morgan fingerprint density at radius 1 is 1.14 bits per heavy atom. The Balaban J connectivity index is 1.59. The number of thiophene rings is 1. The van der Waals surface area contributed by atoms with Crippen molar-refractivity contribution in [2.75, 3.05) is 11.9 Å². The molecule has 6 nitrogen and oxygen atoms in total. The summed E-state index contributed by atoms with van der Waals surface area (Å²) in [5.41, 5.74) is -0.500. The van der Waals surface area contributed by atoms with Gasteiger partial charge in [-0.05, 0) is 36.4 Å². The van der Waals surface area contributed by atoms with E-state index >= 15 is 0 Å². The lowest BCUT2D eigenvalue weighted by atomic mass is 10.1. The highest BCUT2D eigenvalue weighted by Gasteiger charge is 2.53. The summed E-state index contributed by atoms with van der Waals surface area (Å²) < 4.78 is 33.6. The van der Waals surface area contributed by atoms with Crippen molar-refractivity contribution >= 4 is 43.7 Å². The third kappa shape index (κ3) is 3.91. The van der Waals surface area contributed by atoms with Crippen molar-refractivity contribution in [3.8, 4) is 5.75 Å². The molecule has 3 aromatic rings. The first kappa shape index (κ1) is 19.6. The molecule has 0 bridgehead atoms. The molecule has 1 aliphatic carbocycles. The zero-order valence-electron chi connectivity index (χ0n) is 15.6. The maximum absolute atomic E-state index is 13.0. The summed E-state index contributed by atoms with van der Waals surface area (Å²) in [7, 11) is -3.73. The average Bonchev–Trinajstić information content (AvgIpc) is 3.26. The van der Waals surface area contributed by atoms with Crippen LogP contribution in [0.25, 0.3) is 10.8 Å². The van der Waals surface area contributed by atoms with Gasteiger partial charge in [-0.3, -0.25) is 4.79 Å². The van der Waals surface area contributed by atoms with E-state index in [2.05, 4.69) is 16.6 Å². The minimum atomic E-state index is -3.73. The monoisotopic (exact) mass is 428 g/mol. The Hall–Kier alpha value is -2.68. The third-order valence-corrected chi connectivity index (χ3v) is 7.70. The largest absolute Gasteiger partial charge is 0.489 e. The Morgan fingerprint density at radius 3 is 2.55 bits per heavy atom. The van der Waals surface area contributed by atoms with Crippen LogP contribution < -0.4 is 14.8 Å². The van der Waals surface area contributed by atoms with Crippen molar-refractivity contribution in [2.45, 2.75) is 22.6 Å². The van der Waals surface area contributed by atoms with Crippen LogP contribution in [0.4, 0.5) is 5.69 Å². The molecule has 8 heteroatoms. The molecular formula is C21H20N2O4S2. The first-order valence-electron chi connectivity index (χ1n) is 9.10. The fourth-order valence-electron chi connectivity index (χ4n) is 3.12. The number of carbonyl (C=O) groups is 1. The van der Waals surface area contributed by atoms with Crippen molar-refractivity contribution in [1.29, 1.82) is 0 Å². The number of hydrogen-bond donors (Lipinski definition) is 2. The molecule has 0 atom stereocenters. The molecule has 0 saturated heterocycles. The number of hydrogen-bond acceptors (Lipinski definition) is 5. The highest BCUT2D eigenvalue weighted by molar-refractivity contribution is 7.91. The summed E-state index contributed by atoms with van der Waals surface area (Å²) >= 11 is 1.12. The van der Waals surface area contributed by atoms with Crippen LogP contribution in [0.5, 0.6) is 5.75 Å². The predicted octanol–water partition coefficient (Wildman–Crippen LogP) is 3.92. The molecule has 150 valence electrons. The number of nitrogens with one attached hydrogen (secondary N) is 2. The first-order valence-corrected chi connectivity index (χ1v) is 11.5. The molecule has 0 spiro atoms. The van der Waals surface area contributed by atoms with E-state index in [9.17, 15) is 13.2 Å². The number of fused-ring (bicyclic) bond motifs is 1. The molecule has 1 heterocycles. The summed E-state index contributed by atoms with van der Waals surface area (Å²) in [4.78, 5) is 13.0. The highest BCUT2D eigenvalue weighted by Crippen LogP contribution is 2.40. The lowest BCUT2D eigenvalue weighted by Crippen LogP contribution is -2.45. The normalized spacial score (nSPS) is 15.0. The molecule has 2 N–H and O–H groups in total. The van der Waals surface area contributed by atoms with Gasteiger partial charge in [-0.25, -0.2) is 8.42 Å². The number of benzene rings is 2. The fraction of sp³-hybridized carbons (Fsp3) is 0.190. The predicted molar refractivity (Wildman–Crippen MR) is 115 cm³/mol. The molecule has 0 radical (unpaired) electrons. The molecule has 2 aromatic carbocycles. The molecule has 1 amide bonds. The van der Waals surface area contributed by atoms with Crippen molar-refractivity contribution in [1.82, 2.24) is 4.72 Å². The second kappa shape index (κ2) is 7.62. The van der Waals surface area contributed by atoms with E-state index in [1.165, 1.54) is 6.07 Å². The quantitative estimate of drug-likeness (QED) is 0.533. The molecule has 1 aromatic heterocycles. The van der Waals surface area contributed by atoms with Crippen molar-refractivity contribution in [3.05, 3.63) is 66.6 Å². The van der Waals surface area contributed by atoms with Crippen LogP contribution in [0.1, 0.15) is 12.8 Å². The van der Waals surface area contributed by atoms with Crippen molar-refractivity contribution in [3.63, 3.8) is 0 Å². The fourth-order valence-corrected chi connectivity index (χ4v) is 5.54. The molecule has 1 fully saturated rings.